The lowest BCUT2D eigenvalue weighted by molar-refractivity contribution is -0.118. The molecule has 2 atom stereocenters. The molecule has 1 saturated heterocycles. The molecule has 2 aromatic carbocycles. The average molecular weight is 407 g/mol. The molecule has 1 amide bonds. The molecule has 7 heteroatoms. The summed E-state index contributed by atoms with van der Waals surface area (Å²) in [4.78, 5) is 27.9. The number of amides is 1. The van der Waals surface area contributed by atoms with Crippen LogP contribution in [0.3, 0.4) is 0 Å². The van der Waals surface area contributed by atoms with Crippen LogP contribution >= 0.6 is 0 Å². The van der Waals surface area contributed by atoms with Crippen LogP contribution in [0.1, 0.15) is 35.3 Å². The fourth-order valence-corrected chi connectivity index (χ4v) is 3.94. The number of methoxy groups -OCH3 is 1. The Hall–Kier alpha value is -3.32. The van der Waals surface area contributed by atoms with Crippen molar-refractivity contribution >= 4 is 28.5 Å². The van der Waals surface area contributed by atoms with Crippen LogP contribution in [0.25, 0.3) is 10.9 Å². The molecule has 30 heavy (non-hydrogen) atoms. The number of nitrogens with one attached hydrogen (secondary N) is 3. The van der Waals surface area contributed by atoms with Crippen molar-refractivity contribution in [2.75, 3.05) is 25.6 Å². The van der Waals surface area contributed by atoms with Gasteiger partial charge in [0.15, 0.2) is 0 Å². The average Bonchev–Trinajstić information content (AvgIpc) is 3.41. The van der Waals surface area contributed by atoms with Crippen molar-refractivity contribution in [2.45, 2.75) is 25.3 Å². The van der Waals surface area contributed by atoms with Crippen LogP contribution in [-0.4, -0.2) is 43.2 Å². The smallest absolute Gasteiger partial charge is 0.354 e. The summed E-state index contributed by atoms with van der Waals surface area (Å²) in [5.74, 6) is 0.431. The van der Waals surface area contributed by atoms with E-state index in [4.69, 9.17) is 9.47 Å². The highest BCUT2D eigenvalue weighted by molar-refractivity contribution is 5.99. The van der Waals surface area contributed by atoms with Gasteiger partial charge in [0.2, 0.25) is 5.91 Å². The lowest BCUT2D eigenvalue weighted by Gasteiger charge is -2.20. The maximum atomic E-state index is 13.0. The fraction of sp³-hybridized carbons (Fsp3) is 0.304. The van der Waals surface area contributed by atoms with Crippen LogP contribution in [0.5, 0.6) is 5.75 Å². The zero-order valence-electron chi connectivity index (χ0n) is 17.0. The maximum Gasteiger partial charge on any atom is 0.354 e. The molecule has 156 valence electrons. The molecular formula is C23H25N3O4. The van der Waals surface area contributed by atoms with Gasteiger partial charge in [-0.1, -0.05) is 12.1 Å². The van der Waals surface area contributed by atoms with Gasteiger partial charge >= 0.3 is 5.97 Å². The van der Waals surface area contributed by atoms with Gasteiger partial charge in [0.05, 0.1) is 19.8 Å². The molecule has 0 spiro atoms. The van der Waals surface area contributed by atoms with Crippen molar-refractivity contribution in [2.24, 2.45) is 0 Å². The largest absolute Gasteiger partial charge is 0.497 e. The topological polar surface area (TPSA) is 92.4 Å². The van der Waals surface area contributed by atoms with Crippen molar-refractivity contribution in [3.8, 4) is 5.75 Å². The van der Waals surface area contributed by atoms with Crippen LogP contribution in [-0.2, 0) is 9.53 Å². The van der Waals surface area contributed by atoms with E-state index >= 15 is 0 Å². The summed E-state index contributed by atoms with van der Waals surface area (Å²) in [5.41, 5.74) is 3.00. The standard InChI is InChI=1S/C23H25N3O4/c1-3-30-23(28)20-13-15-12-16(6-9-19(15)26-20)25-22(27)21-18(10-11-24-21)14-4-7-17(29-2)8-5-14/h4-9,12-13,18,21,24,26H,3,10-11H2,1-2H3,(H,25,27)/t18-,21+/m1/s1. The van der Waals surface area contributed by atoms with Gasteiger partial charge in [-0.25, -0.2) is 4.79 Å². The highest BCUT2D eigenvalue weighted by Crippen LogP contribution is 2.30. The lowest BCUT2D eigenvalue weighted by atomic mass is 9.91. The summed E-state index contributed by atoms with van der Waals surface area (Å²) in [7, 11) is 1.64. The summed E-state index contributed by atoms with van der Waals surface area (Å²) in [6, 6.07) is 14.8. The third-order valence-corrected chi connectivity index (χ3v) is 5.43. The van der Waals surface area contributed by atoms with Crippen LogP contribution < -0.4 is 15.4 Å². The van der Waals surface area contributed by atoms with E-state index in [2.05, 4.69) is 15.6 Å². The minimum absolute atomic E-state index is 0.0752. The van der Waals surface area contributed by atoms with Gasteiger partial charge in [-0.2, -0.15) is 0 Å². The number of hydrogen-bond acceptors (Lipinski definition) is 5. The third kappa shape index (κ3) is 4.02. The lowest BCUT2D eigenvalue weighted by Crippen LogP contribution is -2.39. The van der Waals surface area contributed by atoms with E-state index in [0.717, 1.165) is 35.2 Å². The Labute approximate surface area is 174 Å². The molecule has 7 nitrogen and oxygen atoms in total. The number of carbonyl (C=O) groups excluding carboxylic acids is 2. The molecule has 0 bridgehead atoms. The van der Waals surface area contributed by atoms with Crippen molar-refractivity contribution in [3.63, 3.8) is 0 Å². The van der Waals surface area contributed by atoms with Crippen LogP contribution in [0, 0.1) is 0 Å². The first-order valence-corrected chi connectivity index (χ1v) is 10.1. The van der Waals surface area contributed by atoms with Crippen LogP contribution in [0.4, 0.5) is 5.69 Å². The van der Waals surface area contributed by atoms with Gasteiger partial charge in [0, 0.05) is 22.5 Å². The predicted molar refractivity (Wildman–Crippen MR) is 115 cm³/mol. The first kappa shape index (κ1) is 20.0. The number of ether oxygens (including phenoxy) is 2. The number of aromatic nitrogens is 1. The maximum absolute atomic E-state index is 13.0. The predicted octanol–water partition coefficient (Wildman–Crippen LogP) is 3.44. The number of esters is 1. The number of aromatic amines is 1. The van der Waals surface area contributed by atoms with Gasteiger partial charge in [-0.05, 0) is 61.9 Å². The molecule has 0 radical (unpaired) electrons. The number of carbonyl (C=O) groups is 2. The molecular weight excluding hydrogens is 382 g/mol. The van der Waals surface area contributed by atoms with Gasteiger partial charge in [-0.15, -0.1) is 0 Å². The minimum atomic E-state index is -0.392. The summed E-state index contributed by atoms with van der Waals surface area (Å²) in [5, 5.41) is 7.15. The van der Waals surface area contributed by atoms with Gasteiger partial charge < -0.3 is 25.1 Å². The number of H-pyrrole nitrogens is 1. The zero-order chi connectivity index (χ0) is 21.1. The zero-order valence-corrected chi connectivity index (χ0v) is 17.0. The number of benzene rings is 2. The molecule has 1 aliphatic heterocycles. The first-order chi connectivity index (χ1) is 14.6. The second-order valence-corrected chi connectivity index (χ2v) is 7.29. The molecule has 1 aromatic heterocycles. The minimum Gasteiger partial charge on any atom is -0.497 e. The van der Waals surface area contributed by atoms with E-state index < -0.39 is 5.97 Å². The molecule has 3 aromatic rings. The Morgan fingerprint density at radius 2 is 1.93 bits per heavy atom. The van der Waals surface area contributed by atoms with Gasteiger partial charge in [-0.3, -0.25) is 4.79 Å². The van der Waals surface area contributed by atoms with E-state index in [1.54, 1.807) is 20.1 Å². The van der Waals surface area contributed by atoms with E-state index in [1.165, 1.54) is 0 Å². The molecule has 2 heterocycles. The Balaban J connectivity index is 1.49. The summed E-state index contributed by atoms with van der Waals surface area (Å²) < 4.78 is 10.3. The molecule has 0 unspecified atom stereocenters. The third-order valence-electron chi connectivity index (χ3n) is 5.43. The fourth-order valence-electron chi connectivity index (χ4n) is 3.94. The molecule has 0 aliphatic carbocycles. The Morgan fingerprint density at radius 1 is 1.13 bits per heavy atom. The summed E-state index contributed by atoms with van der Waals surface area (Å²) in [6.45, 7) is 2.87. The molecule has 3 N–H and O–H groups in total. The number of anilines is 1. The normalized spacial score (nSPS) is 18.3. The second kappa shape index (κ2) is 8.59. The quantitative estimate of drug-likeness (QED) is 0.545. The van der Waals surface area contributed by atoms with E-state index in [1.807, 2.05) is 42.5 Å². The Morgan fingerprint density at radius 3 is 2.67 bits per heavy atom. The van der Waals surface area contributed by atoms with Crippen molar-refractivity contribution in [1.29, 1.82) is 0 Å². The highest BCUT2D eigenvalue weighted by atomic mass is 16.5. The van der Waals surface area contributed by atoms with Crippen molar-refractivity contribution in [3.05, 3.63) is 59.8 Å². The SMILES string of the molecule is CCOC(=O)c1cc2cc(NC(=O)[C@H]3NCC[C@@H]3c3ccc(OC)cc3)ccc2[nH]1. The molecule has 1 fully saturated rings. The van der Waals surface area contributed by atoms with Gasteiger partial charge in [0.25, 0.3) is 0 Å². The number of fused-ring (bicyclic) bond motifs is 1. The Kier molecular flexibility index (Phi) is 5.72. The van der Waals surface area contributed by atoms with Crippen molar-refractivity contribution < 1.29 is 19.1 Å². The summed E-state index contributed by atoms with van der Waals surface area (Å²) in [6.07, 6.45) is 0.893. The monoisotopic (exact) mass is 407 g/mol. The molecule has 4 rings (SSSR count). The first-order valence-electron chi connectivity index (χ1n) is 10.1. The Bertz CT molecular complexity index is 1060. The number of hydrogen-bond donors (Lipinski definition) is 3. The van der Waals surface area contributed by atoms with E-state index in [0.29, 0.717) is 18.0 Å². The van der Waals surface area contributed by atoms with Crippen LogP contribution in [0.15, 0.2) is 48.5 Å². The van der Waals surface area contributed by atoms with E-state index in [-0.39, 0.29) is 17.9 Å². The van der Waals surface area contributed by atoms with Crippen LogP contribution in [0.2, 0.25) is 0 Å². The van der Waals surface area contributed by atoms with Gasteiger partial charge in [0.1, 0.15) is 11.4 Å². The molecule has 0 saturated carbocycles. The van der Waals surface area contributed by atoms with Crippen molar-refractivity contribution in [1.82, 2.24) is 10.3 Å². The molecule has 1 aliphatic rings. The highest BCUT2D eigenvalue weighted by Gasteiger charge is 2.33. The summed E-state index contributed by atoms with van der Waals surface area (Å²) >= 11 is 0. The number of rotatable bonds is 6. The second-order valence-electron chi connectivity index (χ2n) is 7.29. The van der Waals surface area contributed by atoms with E-state index in [9.17, 15) is 9.59 Å².